The number of carboxylic acids is 1. The number of anilines is 3. The Kier molecular flexibility index (Phi) is 10.6. The number of carboxylic acid groups (broad SMARTS) is 1. The van der Waals surface area contributed by atoms with Crippen LogP contribution in [0.5, 0.6) is 0 Å². The molecule has 220 valence electrons. The van der Waals surface area contributed by atoms with Crippen LogP contribution in [0.2, 0.25) is 0 Å². The molecule has 9 nitrogen and oxygen atoms in total. The van der Waals surface area contributed by atoms with E-state index in [0.717, 1.165) is 27.9 Å². The van der Waals surface area contributed by atoms with E-state index in [0.29, 0.717) is 11.4 Å². The molecule has 0 heterocycles. The van der Waals surface area contributed by atoms with Crippen LogP contribution in [0.25, 0.3) is 0 Å². The van der Waals surface area contributed by atoms with Crippen LogP contribution in [0.3, 0.4) is 0 Å². The van der Waals surface area contributed by atoms with Crippen LogP contribution in [0.1, 0.15) is 28.7 Å². The zero-order chi connectivity index (χ0) is 30.6. The minimum atomic E-state index is -0.979. The smallest absolute Gasteiger partial charge is 0.323 e. The van der Waals surface area contributed by atoms with Gasteiger partial charge in [-0.15, -0.1) is 0 Å². The van der Waals surface area contributed by atoms with Crippen molar-refractivity contribution in [2.45, 2.75) is 32.7 Å². The lowest BCUT2D eigenvalue weighted by Gasteiger charge is -2.23. The van der Waals surface area contributed by atoms with Crippen molar-refractivity contribution in [2.75, 3.05) is 22.5 Å². The van der Waals surface area contributed by atoms with E-state index in [-0.39, 0.29) is 50.2 Å². The second-order valence-corrected chi connectivity index (χ2v) is 10.1. The van der Waals surface area contributed by atoms with E-state index in [2.05, 4.69) is 16.0 Å². The van der Waals surface area contributed by atoms with Gasteiger partial charge in [-0.1, -0.05) is 72.8 Å². The Morgan fingerprint density at radius 1 is 0.674 bits per heavy atom. The molecule has 0 bridgehead atoms. The van der Waals surface area contributed by atoms with Crippen LogP contribution in [0.4, 0.5) is 21.9 Å². The molecular weight excluding hydrogens is 544 g/mol. The monoisotopic (exact) mass is 578 g/mol. The van der Waals surface area contributed by atoms with Gasteiger partial charge in [-0.25, -0.2) is 4.79 Å². The van der Waals surface area contributed by atoms with E-state index >= 15 is 0 Å². The average Bonchev–Trinajstić information content (AvgIpc) is 2.98. The SMILES string of the molecule is Cc1ccccc1NC(=O)Nc1ccc(CC(=O)Nc2cccc(CN(CCC(=O)O)C(=O)Cc3ccccc3)c2)cc1. The van der Waals surface area contributed by atoms with Crippen molar-refractivity contribution in [1.82, 2.24) is 4.90 Å². The summed E-state index contributed by atoms with van der Waals surface area (Å²) in [5.74, 6) is -1.38. The minimum absolute atomic E-state index is 0.0794. The standard InChI is InChI=1S/C34H34N4O5/c1-24-8-5-6-13-30(24)37-34(43)36-28-16-14-26(15-17-28)21-31(39)35-29-12-7-11-27(20-29)23-38(19-18-33(41)42)32(40)22-25-9-3-2-4-10-25/h2-17,20H,18-19,21-23H2,1H3,(H,35,39)(H,41,42)(H2,36,37,43). The van der Waals surface area contributed by atoms with E-state index in [4.69, 9.17) is 0 Å². The Bertz CT molecular complexity index is 1570. The van der Waals surface area contributed by atoms with Crippen LogP contribution < -0.4 is 16.0 Å². The summed E-state index contributed by atoms with van der Waals surface area (Å²) < 4.78 is 0. The first-order valence-corrected chi connectivity index (χ1v) is 13.9. The van der Waals surface area contributed by atoms with Gasteiger partial charge in [-0.3, -0.25) is 14.4 Å². The summed E-state index contributed by atoms with van der Waals surface area (Å²) in [5, 5.41) is 17.7. The summed E-state index contributed by atoms with van der Waals surface area (Å²) in [5.41, 5.74) is 5.23. The molecule has 0 aliphatic carbocycles. The van der Waals surface area contributed by atoms with Crippen molar-refractivity contribution in [3.8, 4) is 0 Å². The van der Waals surface area contributed by atoms with E-state index < -0.39 is 5.97 Å². The molecule has 43 heavy (non-hydrogen) atoms. The summed E-state index contributed by atoms with van der Waals surface area (Å²) in [6, 6.07) is 30.6. The van der Waals surface area contributed by atoms with E-state index in [1.807, 2.05) is 67.6 Å². The van der Waals surface area contributed by atoms with E-state index in [1.54, 1.807) is 42.5 Å². The molecule has 0 aromatic heterocycles. The first-order valence-electron chi connectivity index (χ1n) is 13.9. The molecule has 0 aliphatic rings. The van der Waals surface area contributed by atoms with Gasteiger partial charge < -0.3 is 26.0 Å². The number of nitrogens with zero attached hydrogens (tertiary/aromatic N) is 1. The Balaban J connectivity index is 1.32. The Hall–Kier alpha value is -5.44. The zero-order valence-electron chi connectivity index (χ0n) is 23.9. The first kappa shape index (κ1) is 30.5. The molecule has 0 unspecified atom stereocenters. The molecule has 4 amide bonds. The second kappa shape index (κ2) is 15.0. The fourth-order valence-corrected chi connectivity index (χ4v) is 4.47. The molecule has 0 saturated heterocycles. The third kappa shape index (κ3) is 9.86. The number of benzene rings is 4. The average molecular weight is 579 g/mol. The van der Waals surface area contributed by atoms with Gasteiger partial charge in [0.25, 0.3) is 0 Å². The Morgan fingerprint density at radius 3 is 2.07 bits per heavy atom. The highest BCUT2D eigenvalue weighted by Crippen LogP contribution is 2.17. The van der Waals surface area contributed by atoms with Gasteiger partial charge in [0.05, 0.1) is 19.3 Å². The molecule has 4 aromatic carbocycles. The lowest BCUT2D eigenvalue weighted by molar-refractivity contribution is -0.138. The number of carbonyl (C=O) groups is 4. The molecule has 0 saturated carbocycles. The topological polar surface area (TPSA) is 128 Å². The van der Waals surface area contributed by atoms with Crippen LogP contribution in [-0.4, -0.2) is 40.4 Å². The fraction of sp³-hybridized carbons (Fsp3) is 0.176. The lowest BCUT2D eigenvalue weighted by Crippen LogP contribution is -2.33. The minimum Gasteiger partial charge on any atom is -0.481 e. The molecule has 0 aliphatic heterocycles. The molecule has 0 radical (unpaired) electrons. The Labute approximate surface area is 250 Å². The fourth-order valence-electron chi connectivity index (χ4n) is 4.47. The molecule has 4 N–H and O–H groups in total. The molecule has 0 spiro atoms. The number of rotatable bonds is 12. The molecule has 4 rings (SSSR count). The number of carbonyl (C=O) groups excluding carboxylic acids is 3. The lowest BCUT2D eigenvalue weighted by atomic mass is 10.1. The summed E-state index contributed by atoms with van der Waals surface area (Å²) in [6.07, 6.45) is 0.130. The predicted molar refractivity (Wildman–Crippen MR) is 167 cm³/mol. The molecular formula is C34H34N4O5. The van der Waals surface area contributed by atoms with Gasteiger partial charge in [0.15, 0.2) is 0 Å². The van der Waals surface area contributed by atoms with Crippen molar-refractivity contribution < 1.29 is 24.3 Å². The number of hydrogen-bond acceptors (Lipinski definition) is 4. The summed E-state index contributed by atoms with van der Waals surface area (Å²) in [6.45, 7) is 2.21. The maximum atomic E-state index is 13.0. The number of aryl methyl sites for hydroxylation is 1. The number of hydrogen-bond donors (Lipinski definition) is 4. The number of nitrogens with one attached hydrogen (secondary N) is 3. The van der Waals surface area contributed by atoms with Crippen molar-refractivity contribution >= 4 is 40.9 Å². The number of amides is 4. The first-order chi connectivity index (χ1) is 20.7. The molecule has 0 fully saturated rings. The molecule has 4 aromatic rings. The number of para-hydroxylation sites is 1. The third-order valence-corrected chi connectivity index (χ3v) is 6.70. The highest BCUT2D eigenvalue weighted by molar-refractivity contribution is 6.00. The summed E-state index contributed by atoms with van der Waals surface area (Å²) >= 11 is 0. The van der Waals surface area contributed by atoms with Gasteiger partial charge >= 0.3 is 12.0 Å². The molecule has 0 atom stereocenters. The predicted octanol–water partition coefficient (Wildman–Crippen LogP) is 5.87. The number of aliphatic carboxylic acids is 1. The quantitative estimate of drug-likeness (QED) is 0.167. The van der Waals surface area contributed by atoms with E-state index in [1.165, 1.54) is 4.90 Å². The van der Waals surface area contributed by atoms with Gasteiger partial charge in [0, 0.05) is 30.2 Å². The van der Waals surface area contributed by atoms with Crippen LogP contribution >= 0.6 is 0 Å². The van der Waals surface area contributed by atoms with Gasteiger partial charge in [-0.05, 0) is 59.5 Å². The highest BCUT2D eigenvalue weighted by atomic mass is 16.4. The second-order valence-electron chi connectivity index (χ2n) is 10.1. The highest BCUT2D eigenvalue weighted by Gasteiger charge is 2.16. The van der Waals surface area contributed by atoms with Crippen LogP contribution in [0, 0.1) is 6.92 Å². The van der Waals surface area contributed by atoms with Crippen molar-refractivity contribution in [3.05, 3.63) is 125 Å². The largest absolute Gasteiger partial charge is 0.481 e. The maximum absolute atomic E-state index is 13.0. The molecule has 9 heteroatoms. The van der Waals surface area contributed by atoms with Crippen LogP contribution in [-0.2, 0) is 33.8 Å². The van der Waals surface area contributed by atoms with Crippen molar-refractivity contribution in [1.29, 1.82) is 0 Å². The van der Waals surface area contributed by atoms with Crippen molar-refractivity contribution in [3.63, 3.8) is 0 Å². The van der Waals surface area contributed by atoms with Gasteiger partial charge in [-0.2, -0.15) is 0 Å². The summed E-state index contributed by atoms with van der Waals surface area (Å²) in [7, 11) is 0. The Morgan fingerprint density at radius 2 is 1.35 bits per heavy atom. The summed E-state index contributed by atoms with van der Waals surface area (Å²) in [4.78, 5) is 50.9. The maximum Gasteiger partial charge on any atom is 0.323 e. The van der Waals surface area contributed by atoms with E-state index in [9.17, 15) is 24.3 Å². The van der Waals surface area contributed by atoms with Gasteiger partial charge in [0.1, 0.15) is 0 Å². The normalized spacial score (nSPS) is 10.4. The zero-order valence-corrected chi connectivity index (χ0v) is 23.9. The van der Waals surface area contributed by atoms with Gasteiger partial charge in [0.2, 0.25) is 11.8 Å². The third-order valence-electron chi connectivity index (χ3n) is 6.70. The number of urea groups is 1. The van der Waals surface area contributed by atoms with Crippen LogP contribution in [0.15, 0.2) is 103 Å². The van der Waals surface area contributed by atoms with Crippen molar-refractivity contribution in [2.24, 2.45) is 0 Å².